The van der Waals surface area contributed by atoms with E-state index in [1.807, 2.05) is 32.2 Å². The van der Waals surface area contributed by atoms with Gasteiger partial charge in [-0.25, -0.2) is 15.0 Å². The molecule has 18 heavy (non-hydrogen) atoms. The summed E-state index contributed by atoms with van der Waals surface area (Å²) in [5.74, 6) is 1.62. The Hall–Kier alpha value is -2.17. The fraction of sp³-hybridized carbons (Fsp3) is 0.308. The minimum atomic E-state index is 0.662. The highest BCUT2D eigenvalue weighted by Crippen LogP contribution is 2.05. The summed E-state index contributed by atoms with van der Waals surface area (Å²) in [6.07, 6.45) is 5.40. The highest BCUT2D eigenvalue weighted by molar-refractivity contribution is 5.37. The largest absolute Gasteiger partial charge is 0.358 e. The van der Waals surface area contributed by atoms with Crippen LogP contribution >= 0.6 is 0 Å². The molecular formula is C13H17N5. The molecule has 0 spiro atoms. The Balaban J connectivity index is 1.80. The predicted molar refractivity (Wildman–Crippen MR) is 72.8 cm³/mol. The molecule has 0 fully saturated rings. The second-order valence-corrected chi connectivity index (χ2v) is 4.12. The lowest BCUT2D eigenvalue weighted by Gasteiger charge is -2.17. The van der Waals surface area contributed by atoms with Crippen molar-refractivity contribution in [2.75, 3.05) is 30.4 Å². The number of aryl methyl sites for hydroxylation is 1. The number of rotatable bonds is 5. The van der Waals surface area contributed by atoms with Crippen molar-refractivity contribution < 1.29 is 0 Å². The van der Waals surface area contributed by atoms with E-state index in [1.54, 1.807) is 18.6 Å². The Kier molecular flexibility index (Phi) is 4.06. The molecule has 5 heteroatoms. The molecular weight excluding hydrogens is 226 g/mol. The predicted octanol–water partition coefficient (Wildman–Crippen LogP) is 1.73. The van der Waals surface area contributed by atoms with Crippen molar-refractivity contribution in [3.05, 3.63) is 42.4 Å². The lowest BCUT2D eigenvalue weighted by Crippen LogP contribution is -2.25. The van der Waals surface area contributed by atoms with E-state index >= 15 is 0 Å². The van der Waals surface area contributed by atoms with Gasteiger partial charge in [0, 0.05) is 38.7 Å². The van der Waals surface area contributed by atoms with Crippen LogP contribution in [0.1, 0.15) is 5.56 Å². The van der Waals surface area contributed by atoms with Crippen LogP contribution < -0.4 is 10.2 Å². The number of likely N-dealkylation sites (N-methyl/N-ethyl adjacent to an activating group) is 1. The summed E-state index contributed by atoms with van der Waals surface area (Å²) in [6.45, 7) is 3.59. The molecule has 0 unspecified atom stereocenters. The van der Waals surface area contributed by atoms with Crippen molar-refractivity contribution in [2.24, 2.45) is 0 Å². The van der Waals surface area contributed by atoms with Crippen LogP contribution in [-0.2, 0) is 0 Å². The van der Waals surface area contributed by atoms with E-state index in [-0.39, 0.29) is 0 Å². The monoisotopic (exact) mass is 243 g/mol. The van der Waals surface area contributed by atoms with Gasteiger partial charge in [-0.1, -0.05) is 6.07 Å². The molecule has 2 aromatic rings. The highest BCUT2D eigenvalue weighted by Gasteiger charge is 2.01. The fourth-order valence-electron chi connectivity index (χ4n) is 1.51. The van der Waals surface area contributed by atoms with E-state index in [2.05, 4.69) is 25.2 Å². The molecule has 0 aliphatic heterocycles. The molecule has 0 amide bonds. The van der Waals surface area contributed by atoms with Crippen LogP contribution in [0.3, 0.4) is 0 Å². The first kappa shape index (κ1) is 12.3. The summed E-state index contributed by atoms with van der Waals surface area (Å²) in [4.78, 5) is 14.8. The van der Waals surface area contributed by atoms with Gasteiger partial charge >= 0.3 is 0 Å². The van der Waals surface area contributed by atoms with E-state index in [4.69, 9.17) is 0 Å². The standard InChI is InChI=1S/C13H17N5/c1-11-9-16-13(17-10-11)15-7-8-18(2)12-5-3-4-6-14-12/h3-6,9-10H,7-8H2,1-2H3,(H,15,16,17). The number of aromatic nitrogens is 3. The van der Waals surface area contributed by atoms with Crippen LogP contribution in [0.25, 0.3) is 0 Å². The fourth-order valence-corrected chi connectivity index (χ4v) is 1.51. The Morgan fingerprint density at radius 2 is 1.94 bits per heavy atom. The molecule has 0 aliphatic carbocycles. The number of hydrogen-bond donors (Lipinski definition) is 1. The summed E-state index contributed by atoms with van der Waals surface area (Å²) >= 11 is 0. The summed E-state index contributed by atoms with van der Waals surface area (Å²) in [5.41, 5.74) is 1.06. The van der Waals surface area contributed by atoms with Gasteiger partial charge in [0.05, 0.1) is 0 Å². The van der Waals surface area contributed by atoms with Gasteiger partial charge in [0.15, 0.2) is 0 Å². The van der Waals surface area contributed by atoms with E-state index in [9.17, 15) is 0 Å². The number of nitrogens with zero attached hydrogens (tertiary/aromatic N) is 4. The van der Waals surface area contributed by atoms with E-state index in [0.29, 0.717) is 5.95 Å². The van der Waals surface area contributed by atoms with Crippen LogP contribution in [0.15, 0.2) is 36.8 Å². The third kappa shape index (κ3) is 3.41. The van der Waals surface area contributed by atoms with Gasteiger partial charge < -0.3 is 10.2 Å². The lowest BCUT2D eigenvalue weighted by molar-refractivity contribution is 0.883. The summed E-state index contributed by atoms with van der Waals surface area (Å²) < 4.78 is 0. The molecule has 0 aromatic carbocycles. The molecule has 2 aromatic heterocycles. The van der Waals surface area contributed by atoms with Crippen molar-refractivity contribution in [3.8, 4) is 0 Å². The van der Waals surface area contributed by atoms with Gasteiger partial charge in [0.25, 0.3) is 0 Å². The minimum absolute atomic E-state index is 0.662. The smallest absolute Gasteiger partial charge is 0.222 e. The van der Waals surface area contributed by atoms with Gasteiger partial charge in [0.2, 0.25) is 5.95 Å². The zero-order valence-electron chi connectivity index (χ0n) is 10.7. The van der Waals surface area contributed by atoms with Crippen LogP contribution in [0, 0.1) is 6.92 Å². The lowest BCUT2D eigenvalue weighted by atomic mass is 10.4. The van der Waals surface area contributed by atoms with Gasteiger partial charge in [-0.2, -0.15) is 0 Å². The Bertz CT molecular complexity index is 469. The summed E-state index contributed by atoms with van der Waals surface area (Å²) in [5, 5.41) is 3.18. The average molecular weight is 243 g/mol. The third-order valence-electron chi connectivity index (χ3n) is 2.55. The maximum absolute atomic E-state index is 4.28. The van der Waals surface area contributed by atoms with Crippen molar-refractivity contribution in [1.82, 2.24) is 15.0 Å². The topological polar surface area (TPSA) is 53.9 Å². The SMILES string of the molecule is Cc1cnc(NCCN(C)c2ccccn2)nc1. The second-order valence-electron chi connectivity index (χ2n) is 4.12. The maximum atomic E-state index is 4.28. The van der Waals surface area contributed by atoms with Crippen LogP contribution in [0.5, 0.6) is 0 Å². The highest BCUT2D eigenvalue weighted by atomic mass is 15.2. The molecule has 0 atom stereocenters. The molecule has 2 rings (SSSR count). The number of nitrogens with one attached hydrogen (secondary N) is 1. The van der Waals surface area contributed by atoms with Crippen molar-refractivity contribution in [2.45, 2.75) is 6.92 Å². The summed E-state index contributed by atoms with van der Waals surface area (Å²) in [6, 6.07) is 5.88. The number of anilines is 2. The van der Waals surface area contributed by atoms with Gasteiger partial charge in [-0.15, -0.1) is 0 Å². The van der Waals surface area contributed by atoms with Gasteiger partial charge in [-0.3, -0.25) is 0 Å². The molecule has 0 saturated heterocycles. The zero-order valence-corrected chi connectivity index (χ0v) is 10.7. The van der Waals surface area contributed by atoms with E-state index in [1.165, 1.54) is 0 Å². The van der Waals surface area contributed by atoms with Crippen LogP contribution in [-0.4, -0.2) is 35.1 Å². The van der Waals surface area contributed by atoms with Crippen molar-refractivity contribution in [1.29, 1.82) is 0 Å². The third-order valence-corrected chi connectivity index (χ3v) is 2.55. The maximum Gasteiger partial charge on any atom is 0.222 e. The Morgan fingerprint density at radius 1 is 1.17 bits per heavy atom. The Morgan fingerprint density at radius 3 is 2.61 bits per heavy atom. The van der Waals surface area contributed by atoms with E-state index in [0.717, 1.165) is 24.5 Å². The number of pyridine rings is 1. The number of hydrogen-bond acceptors (Lipinski definition) is 5. The molecule has 94 valence electrons. The first-order valence-electron chi connectivity index (χ1n) is 5.90. The molecule has 0 saturated carbocycles. The normalized spacial score (nSPS) is 10.1. The summed E-state index contributed by atoms with van der Waals surface area (Å²) in [7, 11) is 2.01. The minimum Gasteiger partial charge on any atom is -0.358 e. The first-order chi connectivity index (χ1) is 8.75. The van der Waals surface area contributed by atoms with Gasteiger partial charge in [0.1, 0.15) is 5.82 Å². The average Bonchev–Trinajstić information content (AvgIpc) is 2.42. The zero-order chi connectivity index (χ0) is 12.8. The van der Waals surface area contributed by atoms with Crippen molar-refractivity contribution >= 4 is 11.8 Å². The molecule has 0 bridgehead atoms. The molecule has 0 aliphatic rings. The van der Waals surface area contributed by atoms with Crippen LogP contribution in [0.2, 0.25) is 0 Å². The Labute approximate surface area is 107 Å². The second kappa shape index (κ2) is 5.95. The first-order valence-corrected chi connectivity index (χ1v) is 5.90. The molecule has 0 radical (unpaired) electrons. The molecule has 1 N–H and O–H groups in total. The van der Waals surface area contributed by atoms with Gasteiger partial charge in [-0.05, 0) is 24.6 Å². The van der Waals surface area contributed by atoms with Crippen LogP contribution in [0.4, 0.5) is 11.8 Å². The van der Waals surface area contributed by atoms with E-state index < -0.39 is 0 Å². The quantitative estimate of drug-likeness (QED) is 0.866. The molecule has 5 nitrogen and oxygen atoms in total. The van der Waals surface area contributed by atoms with Crippen molar-refractivity contribution in [3.63, 3.8) is 0 Å². The molecule has 2 heterocycles.